The Morgan fingerprint density at radius 3 is 2.66 bits per heavy atom. The number of fused-ring (bicyclic) bond motifs is 2. The molecule has 29 heavy (non-hydrogen) atoms. The van der Waals surface area contributed by atoms with E-state index in [1.165, 1.54) is 33.0 Å². The van der Waals surface area contributed by atoms with E-state index in [9.17, 15) is 8.42 Å². The van der Waals surface area contributed by atoms with Gasteiger partial charge < -0.3 is 4.74 Å². The van der Waals surface area contributed by atoms with Crippen molar-refractivity contribution in [1.29, 1.82) is 0 Å². The first-order chi connectivity index (χ1) is 13.9. The van der Waals surface area contributed by atoms with Gasteiger partial charge >= 0.3 is 0 Å². The van der Waals surface area contributed by atoms with Crippen LogP contribution in [-0.2, 0) is 16.6 Å². The largest absolute Gasteiger partial charge is 0.431 e. The molecule has 2 aliphatic rings. The molecule has 8 heteroatoms. The molecule has 1 saturated heterocycles. The second-order valence-electron chi connectivity index (χ2n) is 7.60. The third-order valence-electron chi connectivity index (χ3n) is 5.35. The predicted octanol–water partition coefficient (Wildman–Crippen LogP) is 3.68. The Kier molecular flexibility index (Phi) is 4.57. The van der Waals surface area contributed by atoms with E-state index in [2.05, 4.69) is 22.0 Å². The number of nitrogens with zero attached hydrogens (tertiary/aromatic N) is 3. The number of sulfonamides is 1. The second-order valence-corrected chi connectivity index (χ2v) is 10.5. The fourth-order valence-electron chi connectivity index (χ4n) is 3.93. The number of thiazole rings is 1. The van der Waals surface area contributed by atoms with Crippen molar-refractivity contribution in [3.8, 4) is 10.9 Å². The summed E-state index contributed by atoms with van der Waals surface area (Å²) < 4.78 is 31.9. The van der Waals surface area contributed by atoms with Gasteiger partial charge in [-0.15, -0.1) is 0 Å². The van der Waals surface area contributed by atoms with Gasteiger partial charge in [-0.3, -0.25) is 9.21 Å². The molecule has 5 rings (SSSR count). The highest BCUT2D eigenvalue weighted by molar-refractivity contribution is 7.88. The van der Waals surface area contributed by atoms with Crippen LogP contribution in [0.25, 0.3) is 10.2 Å². The molecule has 2 aliphatic heterocycles. The lowest BCUT2D eigenvalue weighted by atomic mass is 10.1. The summed E-state index contributed by atoms with van der Waals surface area (Å²) in [5.41, 5.74) is 3.38. The maximum Gasteiger partial charge on any atom is 0.279 e. The van der Waals surface area contributed by atoms with Crippen LogP contribution in [0.3, 0.4) is 0 Å². The van der Waals surface area contributed by atoms with Crippen LogP contribution < -0.4 is 4.74 Å². The summed E-state index contributed by atoms with van der Waals surface area (Å²) in [7, 11) is -3.14. The molecular formula is C21H21N3O3S2. The summed E-state index contributed by atoms with van der Waals surface area (Å²) in [6.07, 6.45) is 3.08. The van der Waals surface area contributed by atoms with E-state index in [1.54, 1.807) is 0 Å². The lowest BCUT2D eigenvalue weighted by molar-refractivity contribution is 0.307. The predicted molar refractivity (Wildman–Crippen MR) is 115 cm³/mol. The molecule has 0 N–H and O–H groups in total. The summed E-state index contributed by atoms with van der Waals surface area (Å²) in [5, 5.41) is 0.647. The molecule has 0 amide bonds. The fourth-order valence-corrected chi connectivity index (χ4v) is 5.54. The number of para-hydroxylation sites is 1. The van der Waals surface area contributed by atoms with Gasteiger partial charge in [0.2, 0.25) is 10.0 Å². The Morgan fingerprint density at radius 1 is 1.14 bits per heavy atom. The summed E-state index contributed by atoms with van der Waals surface area (Å²) >= 11 is 1.54. The normalized spacial score (nSPS) is 19.6. The molecule has 1 aromatic heterocycles. The highest BCUT2D eigenvalue weighted by Gasteiger charge is 2.35. The van der Waals surface area contributed by atoms with Gasteiger partial charge in [0.15, 0.2) is 0 Å². The van der Waals surface area contributed by atoms with Crippen LogP contribution in [0.15, 0.2) is 60.3 Å². The summed E-state index contributed by atoms with van der Waals surface area (Å²) in [4.78, 5) is 6.87. The van der Waals surface area contributed by atoms with E-state index in [-0.39, 0.29) is 0 Å². The maximum absolute atomic E-state index is 11.7. The zero-order valence-electron chi connectivity index (χ0n) is 16.0. The fraction of sp³-hybridized carbons (Fsp3) is 0.286. The first kappa shape index (κ1) is 18.6. The zero-order chi connectivity index (χ0) is 20.0. The molecule has 3 aromatic rings. The van der Waals surface area contributed by atoms with Crippen molar-refractivity contribution in [2.75, 3.05) is 25.9 Å². The zero-order valence-corrected chi connectivity index (χ0v) is 17.6. The van der Waals surface area contributed by atoms with Crippen molar-refractivity contribution in [3.63, 3.8) is 0 Å². The quantitative estimate of drug-likeness (QED) is 0.622. The van der Waals surface area contributed by atoms with E-state index < -0.39 is 10.0 Å². The molecule has 0 aliphatic carbocycles. The number of likely N-dealkylation sites (tertiary alicyclic amines) is 1. The van der Waals surface area contributed by atoms with Crippen molar-refractivity contribution < 1.29 is 13.2 Å². The van der Waals surface area contributed by atoms with E-state index in [0.29, 0.717) is 17.7 Å². The van der Waals surface area contributed by atoms with E-state index in [1.807, 2.05) is 42.6 Å². The lowest BCUT2D eigenvalue weighted by Crippen LogP contribution is -2.28. The third-order valence-corrected chi connectivity index (χ3v) is 7.38. The van der Waals surface area contributed by atoms with E-state index >= 15 is 0 Å². The monoisotopic (exact) mass is 427 g/mol. The topological polar surface area (TPSA) is 62.7 Å². The number of hydrogen-bond acceptors (Lipinski definition) is 6. The minimum absolute atomic E-state index is 0.311. The number of rotatable bonds is 5. The van der Waals surface area contributed by atoms with Crippen molar-refractivity contribution in [2.24, 2.45) is 5.92 Å². The van der Waals surface area contributed by atoms with Gasteiger partial charge in [0.1, 0.15) is 5.75 Å². The van der Waals surface area contributed by atoms with Gasteiger partial charge in [0.05, 0.1) is 16.5 Å². The Morgan fingerprint density at radius 2 is 1.93 bits per heavy atom. The number of benzene rings is 2. The molecule has 1 atom stereocenters. The van der Waals surface area contributed by atoms with Gasteiger partial charge in [-0.25, -0.2) is 13.4 Å². The Labute approximate surface area is 174 Å². The maximum atomic E-state index is 11.7. The molecular weight excluding hydrogens is 406 g/mol. The molecule has 2 aromatic carbocycles. The van der Waals surface area contributed by atoms with Gasteiger partial charge in [-0.05, 0) is 35.4 Å². The van der Waals surface area contributed by atoms with E-state index in [4.69, 9.17) is 4.74 Å². The Balaban J connectivity index is 1.21. The van der Waals surface area contributed by atoms with Crippen molar-refractivity contribution in [2.45, 2.75) is 6.54 Å². The Bertz CT molecular complexity index is 1150. The van der Waals surface area contributed by atoms with Gasteiger partial charge in [0.25, 0.3) is 5.19 Å². The molecule has 0 saturated carbocycles. The second kappa shape index (κ2) is 7.12. The lowest BCUT2D eigenvalue weighted by Gasteiger charge is -2.19. The third kappa shape index (κ3) is 3.88. The number of aromatic nitrogens is 1. The molecule has 1 fully saturated rings. The summed E-state index contributed by atoms with van der Waals surface area (Å²) in [6, 6.07) is 16.1. The van der Waals surface area contributed by atoms with Gasteiger partial charge in [-0.1, -0.05) is 35.6 Å². The first-order valence-corrected chi connectivity index (χ1v) is 12.1. The van der Waals surface area contributed by atoms with Gasteiger partial charge in [-0.2, -0.15) is 0 Å². The van der Waals surface area contributed by atoms with Crippen LogP contribution in [0.5, 0.6) is 10.9 Å². The van der Waals surface area contributed by atoms with Crippen LogP contribution in [0.1, 0.15) is 5.56 Å². The number of ether oxygens (including phenoxy) is 1. The van der Waals surface area contributed by atoms with Crippen LogP contribution in [0.2, 0.25) is 0 Å². The molecule has 0 radical (unpaired) electrons. The molecule has 0 bridgehead atoms. The highest BCUT2D eigenvalue weighted by Crippen LogP contribution is 2.33. The highest BCUT2D eigenvalue weighted by atomic mass is 32.2. The minimum atomic E-state index is -3.14. The molecule has 1 unspecified atom stereocenters. The van der Waals surface area contributed by atoms with Crippen LogP contribution >= 0.6 is 11.3 Å². The molecule has 150 valence electrons. The first-order valence-electron chi connectivity index (χ1n) is 9.46. The van der Waals surface area contributed by atoms with Crippen molar-refractivity contribution in [1.82, 2.24) is 14.2 Å². The average molecular weight is 428 g/mol. The van der Waals surface area contributed by atoms with Crippen molar-refractivity contribution in [3.05, 3.63) is 65.9 Å². The average Bonchev–Trinajstić information content (AvgIpc) is 3.35. The molecule has 0 spiro atoms. The Hall–Kier alpha value is -2.42. The summed E-state index contributed by atoms with van der Waals surface area (Å²) in [5.74, 6) is 1.09. The van der Waals surface area contributed by atoms with Crippen LogP contribution in [0, 0.1) is 5.92 Å². The standard InChI is InChI=1S/C21H21N3O3S2/c1-29(25,26)24-13-16-11-23(12-17(16)14-24)10-15-6-8-18(9-7-15)27-21-22-19-4-2-3-5-20(19)28-21/h2-9,13,17H,10-12,14H2,1H3. The van der Waals surface area contributed by atoms with Crippen LogP contribution in [0.4, 0.5) is 0 Å². The van der Waals surface area contributed by atoms with E-state index in [0.717, 1.165) is 35.6 Å². The minimum Gasteiger partial charge on any atom is -0.431 e. The SMILES string of the molecule is CS(=O)(=O)N1C=C2CN(Cc3ccc(Oc4nc5ccccc5s4)cc3)CC2C1. The van der Waals surface area contributed by atoms with Crippen LogP contribution in [-0.4, -0.2) is 48.5 Å². The summed E-state index contributed by atoms with van der Waals surface area (Å²) in [6.45, 7) is 3.12. The smallest absolute Gasteiger partial charge is 0.279 e. The van der Waals surface area contributed by atoms with Gasteiger partial charge in [0, 0.05) is 38.3 Å². The molecule has 6 nitrogen and oxygen atoms in total. The molecule has 3 heterocycles. The van der Waals surface area contributed by atoms with Crippen molar-refractivity contribution >= 4 is 31.6 Å². The number of hydrogen-bond donors (Lipinski definition) is 0.